The van der Waals surface area contributed by atoms with E-state index in [-0.39, 0.29) is 11.3 Å². The van der Waals surface area contributed by atoms with Crippen LogP contribution in [0.4, 0.5) is 0 Å². The summed E-state index contributed by atoms with van der Waals surface area (Å²) in [4.78, 5) is 25.0. The Morgan fingerprint density at radius 2 is 1.88 bits per heavy atom. The number of aliphatic hydroxyl groups excluding tert-OH is 1. The number of carbonyl (C=O) groups excluding carboxylic acids is 2. The predicted molar refractivity (Wildman–Crippen MR) is 88.1 cm³/mol. The zero-order valence-electron chi connectivity index (χ0n) is 14.0. The van der Waals surface area contributed by atoms with Crippen LogP contribution in [0.5, 0.6) is 0 Å². The molecule has 5 heteroatoms. The lowest BCUT2D eigenvalue weighted by molar-refractivity contribution is -0.136. The highest BCUT2D eigenvalue weighted by Crippen LogP contribution is 2.50. The average Bonchev–Trinajstić information content (AvgIpc) is 3.31. The van der Waals surface area contributed by atoms with E-state index < -0.39 is 17.3 Å². The van der Waals surface area contributed by atoms with Crippen LogP contribution in [0.15, 0.2) is 23.5 Å². The van der Waals surface area contributed by atoms with Crippen molar-refractivity contribution in [2.24, 2.45) is 0 Å². The molecule has 0 atom stereocenters. The molecule has 0 radical (unpaired) electrons. The molecule has 2 saturated carbocycles. The normalized spacial score (nSPS) is 23.1. The largest absolute Gasteiger partial charge is 0.509 e. The van der Waals surface area contributed by atoms with Crippen LogP contribution in [0, 0.1) is 0 Å². The standard InChI is InChI=1S/C19H23NO4/c1-24-18(23)15-16(21)14-9-8-13(12-6-2-3-7-12)20(14)19(17(15)22)10-4-5-11-19/h8-9,12,22H,2-7,10-11H2,1H3. The summed E-state index contributed by atoms with van der Waals surface area (Å²) in [6, 6.07) is 3.85. The smallest absolute Gasteiger partial charge is 0.345 e. The zero-order valence-corrected chi connectivity index (χ0v) is 14.0. The second kappa shape index (κ2) is 5.50. The van der Waals surface area contributed by atoms with Gasteiger partial charge in [0.25, 0.3) is 0 Å². The van der Waals surface area contributed by atoms with Gasteiger partial charge in [0.05, 0.1) is 12.8 Å². The molecule has 0 unspecified atom stereocenters. The van der Waals surface area contributed by atoms with E-state index in [4.69, 9.17) is 4.74 Å². The minimum atomic E-state index is -0.737. The first-order chi connectivity index (χ1) is 11.6. The predicted octanol–water partition coefficient (Wildman–Crippen LogP) is 3.60. The fraction of sp³-hybridized carbons (Fsp3) is 0.579. The van der Waals surface area contributed by atoms with Crippen molar-refractivity contribution in [2.45, 2.75) is 62.8 Å². The molecule has 1 spiro atoms. The number of aliphatic hydroxyl groups is 1. The van der Waals surface area contributed by atoms with Gasteiger partial charge in [-0.2, -0.15) is 0 Å². The van der Waals surface area contributed by atoms with Crippen LogP contribution in [0.3, 0.4) is 0 Å². The molecule has 5 nitrogen and oxygen atoms in total. The molecule has 3 aliphatic rings. The molecule has 128 valence electrons. The summed E-state index contributed by atoms with van der Waals surface area (Å²) in [5.41, 5.74) is 0.849. The fourth-order valence-electron chi connectivity index (χ4n) is 4.93. The van der Waals surface area contributed by atoms with Crippen molar-refractivity contribution in [1.82, 2.24) is 4.57 Å². The first kappa shape index (κ1) is 15.5. The Balaban J connectivity index is 1.93. The summed E-state index contributed by atoms with van der Waals surface area (Å²) in [5.74, 6) is -0.795. The van der Waals surface area contributed by atoms with E-state index in [0.717, 1.165) is 44.2 Å². The number of Topliss-reactive ketones (excluding diaryl/α,β-unsaturated/α-hetero) is 1. The number of allylic oxidation sites excluding steroid dienone is 1. The van der Waals surface area contributed by atoms with Gasteiger partial charge in [0.2, 0.25) is 5.78 Å². The summed E-state index contributed by atoms with van der Waals surface area (Å²) in [7, 11) is 1.24. The lowest BCUT2D eigenvalue weighted by atomic mass is 9.84. The summed E-state index contributed by atoms with van der Waals surface area (Å²) >= 11 is 0. The number of fused-ring (bicyclic) bond motifs is 2. The maximum atomic E-state index is 12.9. The van der Waals surface area contributed by atoms with Gasteiger partial charge >= 0.3 is 5.97 Å². The summed E-state index contributed by atoms with van der Waals surface area (Å²) in [6.07, 6.45) is 8.15. The van der Waals surface area contributed by atoms with Crippen LogP contribution in [0.1, 0.15) is 73.5 Å². The Bertz CT molecular complexity index is 731. The van der Waals surface area contributed by atoms with Gasteiger partial charge in [-0.15, -0.1) is 0 Å². The SMILES string of the molecule is COC(=O)C1=C(O)C2(CCCC2)n2c(ccc2C2CCCC2)C1=O. The molecular weight excluding hydrogens is 306 g/mol. The van der Waals surface area contributed by atoms with Crippen LogP contribution < -0.4 is 0 Å². The zero-order chi connectivity index (χ0) is 16.9. The lowest BCUT2D eigenvalue weighted by Crippen LogP contribution is -2.43. The van der Waals surface area contributed by atoms with E-state index in [1.165, 1.54) is 20.0 Å². The molecule has 1 aromatic rings. The molecule has 0 saturated heterocycles. The van der Waals surface area contributed by atoms with Gasteiger partial charge in [-0.05, 0) is 43.7 Å². The number of aromatic nitrogens is 1. The Hall–Kier alpha value is -2.04. The highest BCUT2D eigenvalue weighted by Gasteiger charge is 2.50. The van der Waals surface area contributed by atoms with Crippen LogP contribution in [-0.4, -0.2) is 28.5 Å². The average molecular weight is 329 g/mol. The number of methoxy groups -OCH3 is 1. The van der Waals surface area contributed by atoms with Gasteiger partial charge in [0.15, 0.2) is 0 Å². The number of carbonyl (C=O) groups is 2. The molecule has 2 heterocycles. The molecule has 2 aliphatic carbocycles. The molecule has 0 bridgehead atoms. The lowest BCUT2D eigenvalue weighted by Gasteiger charge is -2.38. The van der Waals surface area contributed by atoms with Crippen LogP contribution in [0.25, 0.3) is 0 Å². The second-order valence-corrected chi connectivity index (χ2v) is 7.24. The Kier molecular flexibility index (Phi) is 3.55. The van der Waals surface area contributed by atoms with Gasteiger partial charge < -0.3 is 14.4 Å². The van der Waals surface area contributed by atoms with Crippen molar-refractivity contribution >= 4 is 11.8 Å². The van der Waals surface area contributed by atoms with Crippen molar-refractivity contribution in [3.8, 4) is 0 Å². The highest BCUT2D eigenvalue weighted by atomic mass is 16.5. The minimum absolute atomic E-state index is 0.0835. The van der Waals surface area contributed by atoms with Crippen molar-refractivity contribution < 1.29 is 19.4 Å². The van der Waals surface area contributed by atoms with E-state index in [0.29, 0.717) is 11.6 Å². The molecule has 0 amide bonds. The third kappa shape index (κ3) is 1.93. The number of ketones is 1. The number of ether oxygens (including phenoxy) is 1. The molecule has 0 aromatic carbocycles. The molecular formula is C19H23NO4. The molecule has 24 heavy (non-hydrogen) atoms. The number of rotatable bonds is 2. The van der Waals surface area contributed by atoms with Gasteiger partial charge in [-0.25, -0.2) is 4.79 Å². The fourth-order valence-corrected chi connectivity index (χ4v) is 4.93. The van der Waals surface area contributed by atoms with Crippen LogP contribution >= 0.6 is 0 Å². The Morgan fingerprint density at radius 3 is 2.50 bits per heavy atom. The van der Waals surface area contributed by atoms with Gasteiger partial charge in [-0.1, -0.05) is 25.7 Å². The van der Waals surface area contributed by atoms with Crippen LogP contribution in [-0.2, 0) is 15.1 Å². The second-order valence-electron chi connectivity index (χ2n) is 7.24. The quantitative estimate of drug-likeness (QED) is 0.665. The molecule has 1 N–H and O–H groups in total. The summed E-state index contributed by atoms with van der Waals surface area (Å²) < 4.78 is 6.84. The number of hydrogen-bond acceptors (Lipinski definition) is 4. The molecule has 1 aliphatic heterocycles. The number of hydrogen-bond donors (Lipinski definition) is 1. The summed E-state index contributed by atoms with van der Waals surface area (Å²) in [6.45, 7) is 0. The van der Waals surface area contributed by atoms with E-state index in [1.807, 2.05) is 12.1 Å². The van der Waals surface area contributed by atoms with Crippen molar-refractivity contribution in [1.29, 1.82) is 0 Å². The van der Waals surface area contributed by atoms with E-state index in [2.05, 4.69) is 4.57 Å². The van der Waals surface area contributed by atoms with Gasteiger partial charge in [0, 0.05) is 5.69 Å². The minimum Gasteiger partial charge on any atom is -0.509 e. The highest BCUT2D eigenvalue weighted by molar-refractivity contribution is 6.24. The Labute approximate surface area is 141 Å². The number of nitrogens with zero attached hydrogens (tertiary/aromatic N) is 1. The summed E-state index contributed by atoms with van der Waals surface area (Å²) in [5, 5.41) is 11.0. The third-order valence-corrected chi connectivity index (χ3v) is 6.07. The van der Waals surface area contributed by atoms with Crippen molar-refractivity contribution in [3.63, 3.8) is 0 Å². The first-order valence-electron chi connectivity index (χ1n) is 8.89. The van der Waals surface area contributed by atoms with E-state index in [1.54, 1.807) is 0 Å². The van der Waals surface area contributed by atoms with Crippen molar-refractivity contribution in [3.05, 3.63) is 34.9 Å². The number of esters is 1. The maximum absolute atomic E-state index is 12.9. The van der Waals surface area contributed by atoms with Crippen LogP contribution in [0.2, 0.25) is 0 Å². The van der Waals surface area contributed by atoms with Gasteiger partial charge in [-0.3, -0.25) is 4.79 Å². The van der Waals surface area contributed by atoms with E-state index >= 15 is 0 Å². The van der Waals surface area contributed by atoms with Crippen molar-refractivity contribution in [2.75, 3.05) is 7.11 Å². The third-order valence-electron chi connectivity index (χ3n) is 6.07. The first-order valence-corrected chi connectivity index (χ1v) is 8.89. The molecule has 1 aromatic heterocycles. The topological polar surface area (TPSA) is 68.5 Å². The Morgan fingerprint density at radius 1 is 1.21 bits per heavy atom. The molecule has 2 fully saturated rings. The van der Waals surface area contributed by atoms with Gasteiger partial charge in [0.1, 0.15) is 16.9 Å². The molecule has 4 rings (SSSR count). The van der Waals surface area contributed by atoms with E-state index in [9.17, 15) is 14.7 Å². The monoisotopic (exact) mass is 329 g/mol. The maximum Gasteiger partial charge on any atom is 0.345 e.